The molecule has 2 heterocycles. The van der Waals surface area contributed by atoms with E-state index in [-0.39, 0.29) is 11.3 Å². The van der Waals surface area contributed by atoms with Crippen molar-refractivity contribution in [1.82, 2.24) is 4.98 Å². The largest absolute Gasteiger partial charge is 0.507 e. The first kappa shape index (κ1) is 21.4. The van der Waals surface area contributed by atoms with Gasteiger partial charge in [-0.05, 0) is 54.6 Å². The topological polar surface area (TPSA) is 89.0 Å². The molecule has 0 radical (unpaired) electrons. The molecule has 8 heteroatoms. The average Bonchev–Trinajstić information content (AvgIpc) is 3.09. The lowest BCUT2D eigenvalue weighted by atomic mass is 9.94. The van der Waals surface area contributed by atoms with E-state index in [1.807, 2.05) is 0 Å². The van der Waals surface area contributed by atoms with Crippen LogP contribution in [-0.2, 0) is 9.59 Å². The van der Waals surface area contributed by atoms with Gasteiger partial charge < -0.3 is 14.6 Å². The lowest BCUT2D eigenvalue weighted by molar-refractivity contribution is -0.132. The number of ketones is 1. The first-order chi connectivity index (χ1) is 15.5. The van der Waals surface area contributed by atoms with Crippen molar-refractivity contribution in [2.24, 2.45) is 0 Å². The minimum atomic E-state index is -0.972. The van der Waals surface area contributed by atoms with Gasteiger partial charge in [0.1, 0.15) is 17.3 Å². The van der Waals surface area contributed by atoms with Crippen LogP contribution < -0.4 is 14.4 Å². The summed E-state index contributed by atoms with van der Waals surface area (Å²) >= 11 is 5.96. The third kappa shape index (κ3) is 3.67. The molecule has 1 aliphatic rings. The number of hydrogen-bond acceptors (Lipinski definition) is 6. The SMILES string of the molecule is COc1ccc(OC)c(C2/C(=C(/O)c3ccc(Cl)cc3)C(=O)C(=O)N2c2cccnc2)c1. The predicted octanol–water partition coefficient (Wildman–Crippen LogP) is 4.38. The van der Waals surface area contributed by atoms with Gasteiger partial charge in [-0.15, -0.1) is 0 Å². The van der Waals surface area contributed by atoms with E-state index < -0.39 is 17.7 Å². The van der Waals surface area contributed by atoms with Crippen LogP contribution in [0.3, 0.4) is 0 Å². The third-order valence-corrected chi connectivity index (χ3v) is 5.47. The van der Waals surface area contributed by atoms with E-state index >= 15 is 0 Å². The zero-order valence-corrected chi connectivity index (χ0v) is 18.0. The van der Waals surface area contributed by atoms with Crippen LogP contribution in [-0.4, -0.2) is 36.0 Å². The van der Waals surface area contributed by atoms with Crippen LogP contribution in [0.1, 0.15) is 17.2 Å². The number of anilines is 1. The number of aromatic nitrogens is 1. The van der Waals surface area contributed by atoms with Crippen LogP contribution in [0.4, 0.5) is 5.69 Å². The Balaban J connectivity index is 2.01. The van der Waals surface area contributed by atoms with Crippen molar-refractivity contribution < 1.29 is 24.2 Å². The Morgan fingerprint density at radius 3 is 2.44 bits per heavy atom. The van der Waals surface area contributed by atoms with Gasteiger partial charge in [0, 0.05) is 22.3 Å². The Bertz CT molecular complexity index is 1210. The lowest BCUT2D eigenvalue weighted by Crippen LogP contribution is -2.29. The van der Waals surface area contributed by atoms with E-state index in [1.54, 1.807) is 60.8 Å². The minimum Gasteiger partial charge on any atom is -0.507 e. The first-order valence-corrected chi connectivity index (χ1v) is 10.0. The average molecular weight is 451 g/mol. The number of ether oxygens (including phenoxy) is 2. The van der Waals surface area contributed by atoms with Crippen LogP contribution in [0, 0.1) is 0 Å². The van der Waals surface area contributed by atoms with Crippen LogP contribution in [0.15, 0.2) is 72.6 Å². The number of methoxy groups -OCH3 is 2. The van der Waals surface area contributed by atoms with Crippen molar-refractivity contribution in [2.45, 2.75) is 6.04 Å². The Morgan fingerprint density at radius 1 is 1.06 bits per heavy atom. The maximum absolute atomic E-state index is 13.2. The Morgan fingerprint density at radius 2 is 1.81 bits per heavy atom. The van der Waals surface area contributed by atoms with Crippen LogP contribution in [0.2, 0.25) is 5.02 Å². The molecule has 7 nitrogen and oxygen atoms in total. The molecule has 3 aromatic rings. The number of rotatable bonds is 5. The molecule has 1 aromatic heterocycles. The van der Waals surface area contributed by atoms with Crippen molar-refractivity contribution >= 4 is 34.7 Å². The second-order valence-electron chi connectivity index (χ2n) is 7.00. The zero-order chi connectivity index (χ0) is 22.8. The van der Waals surface area contributed by atoms with Gasteiger partial charge in [0.25, 0.3) is 11.7 Å². The second-order valence-corrected chi connectivity index (χ2v) is 7.43. The predicted molar refractivity (Wildman–Crippen MR) is 120 cm³/mol. The van der Waals surface area contributed by atoms with Gasteiger partial charge in [0.15, 0.2) is 0 Å². The molecule has 1 saturated heterocycles. The molecule has 1 atom stereocenters. The molecule has 0 bridgehead atoms. The van der Waals surface area contributed by atoms with E-state index in [0.717, 1.165) is 0 Å². The van der Waals surface area contributed by atoms with E-state index in [4.69, 9.17) is 21.1 Å². The highest BCUT2D eigenvalue weighted by Crippen LogP contribution is 2.45. The number of hydrogen-bond donors (Lipinski definition) is 1. The number of aliphatic hydroxyl groups is 1. The van der Waals surface area contributed by atoms with E-state index in [1.165, 1.54) is 25.3 Å². The lowest BCUT2D eigenvalue weighted by Gasteiger charge is -2.26. The minimum absolute atomic E-state index is 0.0762. The summed E-state index contributed by atoms with van der Waals surface area (Å²) in [5.41, 5.74) is 1.16. The summed E-state index contributed by atoms with van der Waals surface area (Å²) in [5.74, 6) is -1.00. The van der Waals surface area contributed by atoms with Crippen molar-refractivity contribution in [3.63, 3.8) is 0 Å². The molecule has 162 valence electrons. The highest BCUT2D eigenvalue weighted by atomic mass is 35.5. The third-order valence-electron chi connectivity index (χ3n) is 5.22. The summed E-state index contributed by atoms with van der Waals surface area (Å²) in [5, 5.41) is 11.6. The van der Waals surface area contributed by atoms with E-state index in [2.05, 4.69) is 4.98 Å². The summed E-state index contributed by atoms with van der Waals surface area (Å²) in [7, 11) is 3.00. The number of carbonyl (C=O) groups is 2. The molecule has 0 saturated carbocycles. The van der Waals surface area contributed by atoms with Crippen LogP contribution in [0.25, 0.3) is 5.76 Å². The highest BCUT2D eigenvalue weighted by Gasteiger charge is 2.48. The first-order valence-electron chi connectivity index (χ1n) is 9.65. The van der Waals surface area contributed by atoms with Gasteiger partial charge in [0.05, 0.1) is 37.7 Å². The molecule has 0 spiro atoms. The number of carbonyl (C=O) groups excluding carboxylic acids is 2. The maximum Gasteiger partial charge on any atom is 0.300 e. The Labute approximate surface area is 189 Å². The van der Waals surface area contributed by atoms with Gasteiger partial charge in [0.2, 0.25) is 0 Å². The molecule has 4 rings (SSSR count). The molecular weight excluding hydrogens is 432 g/mol. The number of amides is 1. The van der Waals surface area contributed by atoms with Crippen LogP contribution in [0.5, 0.6) is 11.5 Å². The Kier molecular flexibility index (Phi) is 5.83. The smallest absolute Gasteiger partial charge is 0.300 e. The van der Waals surface area contributed by atoms with Gasteiger partial charge in [-0.1, -0.05) is 11.6 Å². The number of nitrogens with zero attached hydrogens (tertiary/aromatic N) is 2. The van der Waals surface area contributed by atoms with Gasteiger partial charge >= 0.3 is 0 Å². The standard InChI is InChI=1S/C24H19ClN2O5/c1-31-17-9-10-19(32-2)18(12-17)21-20(22(28)14-5-7-15(25)8-6-14)23(29)24(30)27(21)16-4-3-11-26-13-16/h3-13,21,28H,1-2H3/b22-20-. The second kappa shape index (κ2) is 8.72. The maximum atomic E-state index is 13.2. The highest BCUT2D eigenvalue weighted by molar-refractivity contribution is 6.51. The van der Waals surface area contributed by atoms with E-state index in [0.29, 0.717) is 33.3 Å². The van der Waals surface area contributed by atoms with Crippen LogP contribution >= 0.6 is 11.6 Å². The van der Waals surface area contributed by atoms with Gasteiger partial charge in [-0.2, -0.15) is 0 Å². The van der Waals surface area contributed by atoms with Gasteiger partial charge in [-0.25, -0.2) is 0 Å². The summed E-state index contributed by atoms with van der Waals surface area (Å²) in [6.07, 6.45) is 3.04. The summed E-state index contributed by atoms with van der Waals surface area (Å²) in [6.45, 7) is 0. The Hall–Kier alpha value is -3.84. The molecule has 1 unspecified atom stereocenters. The molecule has 32 heavy (non-hydrogen) atoms. The number of halogens is 1. The summed E-state index contributed by atoms with van der Waals surface area (Å²) in [6, 6.07) is 13.8. The van der Waals surface area contributed by atoms with Crippen molar-refractivity contribution in [3.8, 4) is 11.5 Å². The normalized spacial score (nSPS) is 17.5. The molecule has 1 aliphatic heterocycles. The summed E-state index contributed by atoms with van der Waals surface area (Å²) in [4.78, 5) is 31.7. The van der Waals surface area contributed by atoms with Crippen molar-refractivity contribution in [1.29, 1.82) is 0 Å². The number of aliphatic hydroxyl groups excluding tert-OH is 1. The summed E-state index contributed by atoms with van der Waals surface area (Å²) < 4.78 is 10.9. The molecule has 2 aromatic carbocycles. The monoisotopic (exact) mass is 450 g/mol. The number of Topliss-reactive ketones (excluding diaryl/α,β-unsaturated/α-hetero) is 1. The molecular formula is C24H19ClN2O5. The van der Waals surface area contributed by atoms with E-state index in [9.17, 15) is 14.7 Å². The fraction of sp³-hybridized carbons (Fsp3) is 0.125. The van der Waals surface area contributed by atoms with Crippen molar-refractivity contribution in [2.75, 3.05) is 19.1 Å². The fourth-order valence-electron chi connectivity index (χ4n) is 3.71. The van der Waals surface area contributed by atoms with Gasteiger partial charge in [-0.3, -0.25) is 19.5 Å². The molecule has 0 aliphatic carbocycles. The molecule has 1 fully saturated rings. The van der Waals surface area contributed by atoms with Crippen molar-refractivity contribution in [3.05, 3.63) is 88.7 Å². The quantitative estimate of drug-likeness (QED) is 0.352. The molecule has 1 amide bonds. The number of benzene rings is 2. The fourth-order valence-corrected chi connectivity index (χ4v) is 3.83. The molecule has 1 N–H and O–H groups in total. The number of pyridine rings is 1. The zero-order valence-electron chi connectivity index (χ0n) is 17.3.